The lowest BCUT2D eigenvalue weighted by molar-refractivity contribution is -0.249. The predicted octanol–water partition coefficient (Wildman–Crippen LogP) is 4.71. The molecule has 0 aliphatic rings. The van der Waals surface area contributed by atoms with Gasteiger partial charge in [-0.3, -0.25) is 4.89 Å². The molecule has 0 fully saturated rings. The highest BCUT2D eigenvalue weighted by Crippen LogP contribution is 2.15. The topological polar surface area (TPSA) is 35.5 Å². The zero-order valence-corrected chi connectivity index (χ0v) is 13.1. The van der Waals surface area contributed by atoms with Gasteiger partial charge in [0, 0.05) is 6.08 Å². The number of carbonyl (C=O) groups is 1. The lowest BCUT2D eigenvalue weighted by Crippen LogP contribution is -1.98. The molecule has 0 heterocycles. The monoisotopic (exact) mass is 290 g/mol. The van der Waals surface area contributed by atoms with E-state index >= 15 is 0 Å². The first-order chi connectivity index (χ1) is 10.3. The minimum absolute atomic E-state index is 0.494. The Morgan fingerprint density at radius 1 is 1.10 bits per heavy atom. The number of aryl methyl sites for hydroxylation is 1. The summed E-state index contributed by atoms with van der Waals surface area (Å²) >= 11 is 0. The maximum atomic E-state index is 11.3. The normalized spacial score (nSPS) is 11.0. The van der Waals surface area contributed by atoms with Gasteiger partial charge in [0.1, 0.15) is 0 Å². The highest BCUT2D eigenvalue weighted by Gasteiger charge is 2.01. The average molecular weight is 290 g/mol. The van der Waals surface area contributed by atoms with Crippen LogP contribution in [0.1, 0.15) is 56.6 Å². The van der Waals surface area contributed by atoms with E-state index in [1.807, 2.05) is 18.2 Å². The number of rotatable bonds is 10. The highest BCUT2D eigenvalue weighted by atomic mass is 17.2. The first-order valence-corrected chi connectivity index (χ1v) is 7.78. The first kappa shape index (κ1) is 17.4. The van der Waals surface area contributed by atoms with Crippen LogP contribution in [0, 0.1) is 0 Å². The summed E-state index contributed by atoms with van der Waals surface area (Å²) in [6.07, 6.45) is 11.9. The molecule has 0 atom stereocenters. The fraction of sp³-hybridized carbons (Fsp3) is 0.500. The SMILES string of the molecule is CCCCCCCCc1ccccc1/C=C/C(=O)OOC. The van der Waals surface area contributed by atoms with Crippen molar-refractivity contribution in [1.82, 2.24) is 0 Å². The molecule has 0 aliphatic heterocycles. The van der Waals surface area contributed by atoms with Gasteiger partial charge < -0.3 is 0 Å². The standard InChI is InChI=1S/C18H26O3/c1-3-4-5-6-7-8-11-16-12-9-10-13-17(16)14-15-18(19)21-20-2/h9-10,12-15H,3-8,11H2,1-2H3/b15-14+. The van der Waals surface area contributed by atoms with Crippen molar-refractivity contribution >= 4 is 12.0 Å². The van der Waals surface area contributed by atoms with Gasteiger partial charge in [-0.05, 0) is 30.0 Å². The Hall–Kier alpha value is -1.61. The van der Waals surface area contributed by atoms with Crippen molar-refractivity contribution in [3.05, 3.63) is 41.5 Å². The van der Waals surface area contributed by atoms with Crippen LogP contribution in [0.2, 0.25) is 0 Å². The van der Waals surface area contributed by atoms with Crippen molar-refractivity contribution in [1.29, 1.82) is 0 Å². The van der Waals surface area contributed by atoms with E-state index in [9.17, 15) is 4.79 Å². The van der Waals surface area contributed by atoms with Crippen molar-refractivity contribution < 1.29 is 14.6 Å². The summed E-state index contributed by atoms with van der Waals surface area (Å²) in [7, 11) is 1.32. The molecule has 0 saturated heterocycles. The Morgan fingerprint density at radius 2 is 1.81 bits per heavy atom. The Balaban J connectivity index is 2.45. The molecular formula is C18H26O3. The molecule has 0 spiro atoms. The summed E-state index contributed by atoms with van der Waals surface area (Å²) in [5.74, 6) is -0.494. The molecule has 0 N–H and O–H groups in total. The second-order valence-corrected chi connectivity index (χ2v) is 5.12. The molecule has 0 saturated carbocycles. The van der Waals surface area contributed by atoms with Crippen molar-refractivity contribution in [3.63, 3.8) is 0 Å². The summed E-state index contributed by atoms with van der Waals surface area (Å²) in [5, 5.41) is 0. The number of hydrogen-bond donors (Lipinski definition) is 0. The van der Waals surface area contributed by atoms with Gasteiger partial charge in [0.05, 0.1) is 7.11 Å². The van der Waals surface area contributed by atoms with E-state index in [1.165, 1.54) is 57.3 Å². The van der Waals surface area contributed by atoms with Crippen LogP contribution in [0.25, 0.3) is 6.08 Å². The minimum atomic E-state index is -0.494. The third-order valence-corrected chi connectivity index (χ3v) is 3.42. The molecule has 116 valence electrons. The van der Waals surface area contributed by atoms with Gasteiger partial charge in [-0.15, -0.1) is 0 Å². The lowest BCUT2D eigenvalue weighted by atomic mass is 10.00. The van der Waals surface area contributed by atoms with Crippen molar-refractivity contribution in [2.45, 2.75) is 51.9 Å². The van der Waals surface area contributed by atoms with Gasteiger partial charge in [0.15, 0.2) is 0 Å². The Labute approximate surface area is 127 Å². The maximum Gasteiger partial charge on any atom is 0.365 e. The number of unbranched alkanes of at least 4 members (excludes halogenated alkanes) is 5. The fourth-order valence-electron chi connectivity index (χ4n) is 2.29. The number of carbonyl (C=O) groups excluding carboxylic acids is 1. The summed E-state index contributed by atoms with van der Waals surface area (Å²) in [4.78, 5) is 20.0. The zero-order valence-electron chi connectivity index (χ0n) is 13.1. The molecule has 1 aromatic rings. The Bertz CT molecular complexity index is 438. The van der Waals surface area contributed by atoms with E-state index < -0.39 is 5.97 Å². The third kappa shape index (κ3) is 7.66. The molecular weight excluding hydrogens is 264 g/mol. The van der Waals surface area contributed by atoms with Crippen LogP contribution < -0.4 is 0 Å². The molecule has 1 rings (SSSR count). The molecule has 1 aromatic carbocycles. The highest BCUT2D eigenvalue weighted by molar-refractivity contribution is 5.86. The van der Waals surface area contributed by atoms with Crippen LogP contribution in [0.5, 0.6) is 0 Å². The van der Waals surface area contributed by atoms with Gasteiger partial charge in [-0.1, -0.05) is 63.3 Å². The van der Waals surface area contributed by atoms with Crippen molar-refractivity contribution in [2.75, 3.05) is 7.11 Å². The molecule has 0 aliphatic carbocycles. The summed E-state index contributed by atoms with van der Waals surface area (Å²) in [6, 6.07) is 8.15. The number of benzene rings is 1. The second-order valence-electron chi connectivity index (χ2n) is 5.12. The van der Waals surface area contributed by atoms with Crippen LogP contribution in [-0.2, 0) is 21.0 Å². The quantitative estimate of drug-likeness (QED) is 0.271. The van der Waals surface area contributed by atoms with Crippen molar-refractivity contribution in [3.8, 4) is 0 Å². The van der Waals surface area contributed by atoms with E-state index in [2.05, 4.69) is 22.8 Å². The third-order valence-electron chi connectivity index (χ3n) is 3.42. The van der Waals surface area contributed by atoms with E-state index in [4.69, 9.17) is 0 Å². The van der Waals surface area contributed by atoms with Crippen LogP contribution in [0.4, 0.5) is 0 Å². The summed E-state index contributed by atoms with van der Waals surface area (Å²) < 4.78 is 0. The minimum Gasteiger partial charge on any atom is -0.294 e. The Morgan fingerprint density at radius 3 is 2.57 bits per heavy atom. The van der Waals surface area contributed by atoms with E-state index in [0.29, 0.717) is 0 Å². The molecule has 0 radical (unpaired) electrons. The van der Waals surface area contributed by atoms with Gasteiger partial charge in [0.2, 0.25) is 0 Å². The molecule has 3 nitrogen and oxygen atoms in total. The maximum absolute atomic E-state index is 11.3. The first-order valence-electron chi connectivity index (χ1n) is 7.78. The lowest BCUT2D eigenvalue weighted by Gasteiger charge is -2.06. The van der Waals surface area contributed by atoms with E-state index in [-0.39, 0.29) is 0 Å². The van der Waals surface area contributed by atoms with Gasteiger partial charge in [-0.25, -0.2) is 4.79 Å². The van der Waals surface area contributed by atoms with Gasteiger partial charge >= 0.3 is 5.97 Å². The molecule has 3 heteroatoms. The van der Waals surface area contributed by atoms with Crippen LogP contribution in [-0.4, -0.2) is 13.1 Å². The predicted molar refractivity (Wildman–Crippen MR) is 85.7 cm³/mol. The van der Waals surface area contributed by atoms with Crippen LogP contribution >= 0.6 is 0 Å². The van der Waals surface area contributed by atoms with E-state index in [1.54, 1.807) is 6.08 Å². The molecule has 0 aromatic heterocycles. The summed E-state index contributed by atoms with van der Waals surface area (Å²) in [5.41, 5.74) is 2.34. The van der Waals surface area contributed by atoms with Crippen molar-refractivity contribution in [2.24, 2.45) is 0 Å². The molecule has 0 bridgehead atoms. The van der Waals surface area contributed by atoms with Gasteiger partial charge in [0.25, 0.3) is 0 Å². The molecule has 0 amide bonds. The smallest absolute Gasteiger partial charge is 0.294 e. The average Bonchev–Trinajstić information content (AvgIpc) is 2.50. The summed E-state index contributed by atoms with van der Waals surface area (Å²) in [6.45, 7) is 2.23. The van der Waals surface area contributed by atoms with Crippen LogP contribution in [0.15, 0.2) is 30.3 Å². The number of hydrogen-bond acceptors (Lipinski definition) is 3. The van der Waals surface area contributed by atoms with Gasteiger partial charge in [-0.2, -0.15) is 4.89 Å². The second kappa shape index (κ2) is 11.1. The molecule has 21 heavy (non-hydrogen) atoms. The van der Waals surface area contributed by atoms with E-state index in [0.717, 1.165) is 12.0 Å². The van der Waals surface area contributed by atoms with Crippen LogP contribution in [0.3, 0.4) is 0 Å². The fourth-order valence-corrected chi connectivity index (χ4v) is 2.29. The zero-order chi connectivity index (χ0) is 15.3. The Kier molecular flexibility index (Phi) is 9.21. The molecule has 0 unspecified atom stereocenters. The largest absolute Gasteiger partial charge is 0.365 e.